The predicted molar refractivity (Wildman–Crippen MR) is 111 cm³/mol. The minimum atomic E-state index is -1.19. The van der Waals surface area contributed by atoms with Crippen molar-refractivity contribution in [3.8, 4) is 0 Å². The monoisotopic (exact) mass is 380 g/mol. The maximum absolute atomic E-state index is 13.5. The lowest BCUT2D eigenvalue weighted by Gasteiger charge is -2.40. The van der Waals surface area contributed by atoms with E-state index in [0.717, 1.165) is 16.1 Å². The minimum absolute atomic E-state index is 0.166. The first-order valence-electron chi connectivity index (χ1n) is 9.05. The highest BCUT2D eigenvalue weighted by atomic mass is 32.2. The summed E-state index contributed by atoms with van der Waals surface area (Å²) in [5.41, 5.74) is 1.90. The fraction of sp³-hybridized carbons (Fsp3) is 0.273. The smallest absolute Gasteiger partial charge is 0.252 e. The molecule has 2 aromatic carbocycles. The molecule has 0 bridgehead atoms. The van der Waals surface area contributed by atoms with Crippen molar-refractivity contribution in [1.29, 1.82) is 0 Å². The van der Waals surface area contributed by atoms with Gasteiger partial charge in [0.2, 0.25) is 5.91 Å². The van der Waals surface area contributed by atoms with Crippen LogP contribution in [0.2, 0.25) is 0 Å². The molecule has 0 aromatic heterocycles. The second kappa shape index (κ2) is 8.01. The molecule has 5 heteroatoms. The summed E-state index contributed by atoms with van der Waals surface area (Å²) < 4.78 is -1.19. The lowest BCUT2D eigenvalue weighted by molar-refractivity contribution is -0.138. The Morgan fingerprint density at radius 2 is 1.85 bits per heavy atom. The zero-order chi connectivity index (χ0) is 19.4. The van der Waals surface area contributed by atoms with Gasteiger partial charge >= 0.3 is 0 Å². The van der Waals surface area contributed by atoms with E-state index in [9.17, 15) is 9.59 Å². The van der Waals surface area contributed by atoms with Crippen molar-refractivity contribution in [2.75, 3.05) is 18.0 Å². The lowest BCUT2D eigenvalue weighted by atomic mass is 10.0. The first-order valence-corrected chi connectivity index (χ1v) is 9.87. The zero-order valence-corrected chi connectivity index (χ0v) is 16.5. The van der Waals surface area contributed by atoms with Crippen molar-refractivity contribution >= 4 is 29.3 Å². The first kappa shape index (κ1) is 19.2. The lowest BCUT2D eigenvalue weighted by Crippen LogP contribution is -2.57. The van der Waals surface area contributed by atoms with Crippen molar-refractivity contribution in [2.45, 2.75) is 30.0 Å². The summed E-state index contributed by atoms with van der Waals surface area (Å²) >= 11 is 1.34. The van der Waals surface area contributed by atoms with Crippen LogP contribution >= 0.6 is 11.8 Å². The molecule has 0 spiro atoms. The van der Waals surface area contributed by atoms with Gasteiger partial charge in [0.15, 0.2) is 4.75 Å². The predicted octanol–water partition coefficient (Wildman–Crippen LogP) is 4.12. The van der Waals surface area contributed by atoms with Gasteiger partial charge in [-0.05, 0) is 31.5 Å². The summed E-state index contributed by atoms with van der Waals surface area (Å²) in [6.45, 7) is 8.82. The third-order valence-corrected chi connectivity index (χ3v) is 6.02. The Morgan fingerprint density at radius 3 is 2.52 bits per heavy atom. The number of thioether (sulfide) groups is 1. The van der Waals surface area contributed by atoms with E-state index in [-0.39, 0.29) is 11.8 Å². The van der Waals surface area contributed by atoms with Crippen LogP contribution < -0.4 is 4.90 Å². The Kier molecular flexibility index (Phi) is 5.71. The van der Waals surface area contributed by atoms with Gasteiger partial charge in [-0.1, -0.05) is 60.3 Å². The number of nitrogens with zero attached hydrogens (tertiary/aromatic N) is 2. The van der Waals surface area contributed by atoms with E-state index in [0.29, 0.717) is 19.6 Å². The minimum Gasteiger partial charge on any atom is -0.333 e. The van der Waals surface area contributed by atoms with Gasteiger partial charge in [0, 0.05) is 24.5 Å². The number of fused-ring (bicyclic) bond motifs is 1. The summed E-state index contributed by atoms with van der Waals surface area (Å²) in [6, 6.07) is 17.6. The second-order valence-corrected chi connectivity index (χ2v) is 8.07. The molecule has 3 rings (SSSR count). The Balaban J connectivity index is 1.95. The number of benzene rings is 2. The van der Waals surface area contributed by atoms with Gasteiger partial charge in [-0.15, -0.1) is 6.58 Å². The number of carbonyl (C=O) groups is 2. The molecule has 4 nitrogen and oxygen atoms in total. The number of hydrogen-bond donors (Lipinski definition) is 0. The molecule has 1 atom stereocenters. The SMILES string of the molecule is C=CCN(Cc1ccccc1)C(=O)C1(C)Sc2ccccc2N(CC)C1=O. The largest absolute Gasteiger partial charge is 0.333 e. The van der Waals surface area contributed by atoms with Crippen LogP contribution in [0.15, 0.2) is 72.1 Å². The zero-order valence-electron chi connectivity index (χ0n) is 15.7. The van der Waals surface area contributed by atoms with Crippen LogP contribution in [0.4, 0.5) is 5.69 Å². The number of amides is 2. The molecule has 1 heterocycles. The van der Waals surface area contributed by atoms with Gasteiger partial charge in [0.25, 0.3) is 5.91 Å². The average Bonchev–Trinajstić information content (AvgIpc) is 2.69. The standard InChI is InChI=1S/C22H24N2O2S/c1-4-15-23(16-17-11-7-6-8-12-17)20(25)22(3)21(26)24(5-2)18-13-9-10-14-19(18)27-22/h4,6-14H,1,5,15-16H2,2-3H3. The normalized spacial score (nSPS) is 18.7. The van der Waals surface area contributed by atoms with E-state index < -0.39 is 4.75 Å². The molecule has 2 aromatic rings. The second-order valence-electron chi connectivity index (χ2n) is 6.61. The molecule has 0 saturated heterocycles. The topological polar surface area (TPSA) is 40.6 Å². The number of para-hydroxylation sites is 1. The molecule has 27 heavy (non-hydrogen) atoms. The van der Waals surface area contributed by atoms with Crippen molar-refractivity contribution in [2.24, 2.45) is 0 Å². The highest BCUT2D eigenvalue weighted by Crippen LogP contribution is 2.46. The highest BCUT2D eigenvalue weighted by Gasteiger charge is 2.50. The molecule has 2 amide bonds. The average molecular weight is 381 g/mol. The maximum atomic E-state index is 13.5. The molecular weight excluding hydrogens is 356 g/mol. The van der Waals surface area contributed by atoms with Gasteiger partial charge in [-0.3, -0.25) is 9.59 Å². The van der Waals surface area contributed by atoms with E-state index in [1.54, 1.807) is 22.8 Å². The third-order valence-electron chi connectivity index (χ3n) is 4.70. The van der Waals surface area contributed by atoms with Crippen LogP contribution in [0.25, 0.3) is 0 Å². The fourth-order valence-corrected chi connectivity index (χ4v) is 4.61. The van der Waals surface area contributed by atoms with E-state index >= 15 is 0 Å². The molecular formula is C22H24N2O2S. The van der Waals surface area contributed by atoms with Crippen LogP contribution in [0.5, 0.6) is 0 Å². The van der Waals surface area contributed by atoms with E-state index in [1.165, 1.54) is 11.8 Å². The van der Waals surface area contributed by atoms with E-state index in [1.807, 2.05) is 61.5 Å². The van der Waals surface area contributed by atoms with E-state index in [4.69, 9.17) is 0 Å². The number of rotatable bonds is 6. The Morgan fingerprint density at radius 1 is 1.19 bits per heavy atom. The summed E-state index contributed by atoms with van der Waals surface area (Å²) in [5.74, 6) is -0.352. The molecule has 0 saturated carbocycles. The van der Waals surface area contributed by atoms with Crippen molar-refractivity contribution < 1.29 is 9.59 Å². The third kappa shape index (κ3) is 3.65. The van der Waals surface area contributed by atoms with Gasteiger partial charge in [-0.25, -0.2) is 0 Å². The Hall–Kier alpha value is -2.53. The van der Waals surface area contributed by atoms with Crippen molar-refractivity contribution in [3.05, 3.63) is 72.8 Å². The molecule has 1 unspecified atom stereocenters. The van der Waals surface area contributed by atoms with Crippen LogP contribution in [0.1, 0.15) is 19.4 Å². The summed E-state index contributed by atoms with van der Waals surface area (Å²) in [4.78, 5) is 31.1. The summed E-state index contributed by atoms with van der Waals surface area (Å²) in [7, 11) is 0. The van der Waals surface area contributed by atoms with Crippen LogP contribution in [0.3, 0.4) is 0 Å². The molecule has 0 aliphatic carbocycles. The summed E-state index contributed by atoms with van der Waals surface area (Å²) in [5, 5.41) is 0. The quantitative estimate of drug-likeness (QED) is 0.559. The fourth-order valence-electron chi connectivity index (χ4n) is 3.33. The maximum Gasteiger partial charge on any atom is 0.252 e. The van der Waals surface area contributed by atoms with Gasteiger partial charge < -0.3 is 9.80 Å². The van der Waals surface area contributed by atoms with Crippen molar-refractivity contribution in [3.63, 3.8) is 0 Å². The van der Waals surface area contributed by atoms with Crippen LogP contribution in [-0.4, -0.2) is 34.6 Å². The summed E-state index contributed by atoms with van der Waals surface area (Å²) in [6.07, 6.45) is 1.70. The van der Waals surface area contributed by atoms with Gasteiger partial charge in [0.1, 0.15) is 0 Å². The number of hydrogen-bond acceptors (Lipinski definition) is 3. The number of carbonyl (C=O) groups excluding carboxylic acids is 2. The first-order chi connectivity index (χ1) is 13.0. The molecule has 0 N–H and O–H groups in total. The van der Waals surface area contributed by atoms with E-state index in [2.05, 4.69) is 6.58 Å². The van der Waals surface area contributed by atoms with Crippen LogP contribution in [-0.2, 0) is 16.1 Å². The number of anilines is 1. The Labute approximate surface area is 164 Å². The molecule has 1 aliphatic rings. The molecule has 1 aliphatic heterocycles. The van der Waals surface area contributed by atoms with Gasteiger partial charge in [-0.2, -0.15) is 0 Å². The van der Waals surface area contributed by atoms with Gasteiger partial charge in [0.05, 0.1) is 5.69 Å². The molecule has 140 valence electrons. The van der Waals surface area contributed by atoms with Crippen LogP contribution in [0, 0.1) is 0 Å². The highest BCUT2D eigenvalue weighted by molar-refractivity contribution is 8.02. The molecule has 0 radical (unpaired) electrons. The van der Waals surface area contributed by atoms with Crippen molar-refractivity contribution in [1.82, 2.24) is 4.90 Å². The molecule has 0 fully saturated rings. The Bertz CT molecular complexity index is 852.